The monoisotopic (exact) mass is 293 g/mol. The Kier molecular flexibility index (Phi) is 4.89. The first-order chi connectivity index (χ1) is 9.56. The van der Waals surface area contributed by atoms with Crippen LogP contribution in [0, 0.1) is 0 Å². The fourth-order valence-electron chi connectivity index (χ4n) is 1.67. The number of carbonyl (C=O) groups is 2. The molecule has 6 heteroatoms. The fraction of sp³-hybridized carbons (Fsp3) is 0.429. The molecule has 0 unspecified atom stereocenters. The number of likely N-dealkylation sites (N-methyl/N-ethyl adjacent to an activating group) is 1. The molecule has 0 heterocycles. The van der Waals surface area contributed by atoms with Crippen LogP contribution >= 0.6 is 11.8 Å². The van der Waals surface area contributed by atoms with Crippen LogP contribution in [0.25, 0.3) is 0 Å². The van der Waals surface area contributed by atoms with Crippen molar-refractivity contribution in [3.63, 3.8) is 0 Å². The lowest BCUT2D eigenvalue weighted by molar-refractivity contribution is -0.132. The Bertz CT molecular complexity index is 503. The third kappa shape index (κ3) is 4.45. The first kappa shape index (κ1) is 14.7. The summed E-state index contributed by atoms with van der Waals surface area (Å²) in [6.07, 6.45) is 2.10. The predicted molar refractivity (Wildman–Crippen MR) is 80.4 cm³/mol. The van der Waals surface area contributed by atoms with Gasteiger partial charge in [0, 0.05) is 23.7 Å². The van der Waals surface area contributed by atoms with Crippen LogP contribution < -0.4 is 11.1 Å². The molecule has 20 heavy (non-hydrogen) atoms. The number of amides is 2. The normalized spacial score (nSPS) is 13.8. The van der Waals surface area contributed by atoms with Crippen molar-refractivity contribution in [1.29, 1.82) is 0 Å². The highest BCUT2D eigenvalue weighted by Gasteiger charge is 2.24. The van der Waals surface area contributed by atoms with Gasteiger partial charge < -0.3 is 16.0 Å². The van der Waals surface area contributed by atoms with E-state index in [1.807, 2.05) is 18.2 Å². The van der Waals surface area contributed by atoms with Gasteiger partial charge >= 0.3 is 0 Å². The number of hydrogen-bond donors (Lipinski definition) is 2. The molecule has 0 bridgehead atoms. The molecule has 1 aliphatic carbocycles. The number of hydrogen-bond acceptors (Lipinski definition) is 4. The van der Waals surface area contributed by atoms with E-state index in [1.54, 1.807) is 13.1 Å². The van der Waals surface area contributed by atoms with Crippen LogP contribution in [0.15, 0.2) is 29.2 Å². The second kappa shape index (κ2) is 6.65. The van der Waals surface area contributed by atoms with Crippen molar-refractivity contribution >= 4 is 29.3 Å². The van der Waals surface area contributed by atoms with Crippen LogP contribution in [-0.2, 0) is 9.59 Å². The molecule has 2 rings (SSSR count). The van der Waals surface area contributed by atoms with Crippen LogP contribution in [0.5, 0.6) is 0 Å². The largest absolute Gasteiger partial charge is 0.398 e. The Morgan fingerprint density at radius 2 is 2.10 bits per heavy atom. The van der Waals surface area contributed by atoms with Gasteiger partial charge in [0.1, 0.15) is 0 Å². The van der Waals surface area contributed by atoms with Crippen LogP contribution in [0.4, 0.5) is 5.69 Å². The summed E-state index contributed by atoms with van der Waals surface area (Å²) in [4.78, 5) is 25.9. The van der Waals surface area contributed by atoms with Crippen molar-refractivity contribution in [2.24, 2.45) is 0 Å². The SMILES string of the molecule is CN(CC(=O)NC1CC1)C(=O)CSc1ccccc1N. The van der Waals surface area contributed by atoms with Crippen molar-refractivity contribution in [1.82, 2.24) is 10.2 Å². The lowest BCUT2D eigenvalue weighted by Gasteiger charge is -2.16. The minimum atomic E-state index is -0.0902. The maximum Gasteiger partial charge on any atom is 0.239 e. The van der Waals surface area contributed by atoms with Crippen molar-refractivity contribution in [2.45, 2.75) is 23.8 Å². The van der Waals surface area contributed by atoms with E-state index in [4.69, 9.17) is 5.73 Å². The number of nitrogens with two attached hydrogens (primary N) is 1. The summed E-state index contributed by atoms with van der Waals surface area (Å²) in [5, 5.41) is 2.86. The molecule has 1 saturated carbocycles. The Balaban J connectivity index is 1.75. The molecule has 0 spiro atoms. The van der Waals surface area contributed by atoms with E-state index in [-0.39, 0.29) is 24.1 Å². The molecular weight excluding hydrogens is 274 g/mol. The van der Waals surface area contributed by atoms with Crippen molar-refractivity contribution < 1.29 is 9.59 Å². The topological polar surface area (TPSA) is 75.4 Å². The molecule has 0 saturated heterocycles. The van der Waals surface area contributed by atoms with E-state index >= 15 is 0 Å². The number of benzene rings is 1. The second-order valence-electron chi connectivity index (χ2n) is 4.92. The molecule has 1 aliphatic rings. The Morgan fingerprint density at radius 3 is 2.75 bits per heavy atom. The summed E-state index contributed by atoms with van der Waals surface area (Å²) < 4.78 is 0. The third-order valence-corrected chi connectivity index (χ3v) is 4.09. The zero-order valence-electron chi connectivity index (χ0n) is 11.5. The second-order valence-corrected chi connectivity index (χ2v) is 5.94. The summed E-state index contributed by atoms with van der Waals surface area (Å²) in [5.74, 6) is 0.110. The summed E-state index contributed by atoms with van der Waals surface area (Å²) in [5.41, 5.74) is 6.48. The smallest absolute Gasteiger partial charge is 0.239 e. The third-order valence-electron chi connectivity index (χ3n) is 3.02. The first-order valence-corrected chi connectivity index (χ1v) is 7.55. The van der Waals surface area contributed by atoms with Gasteiger partial charge in [0.05, 0.1) is 12.3 Å². The van der Waals surface area contributed by atoms with E-state index < -0.39 is 0 Å². The molecular formula is C14H19N3O2S. The molecule has 0 radical (unpaired) electrons. The summed E-state index contributed by atoms with van der Waals surface area (Å²) in [6, 6.07) is 7.75. The standard InChI is InChI=1S/C14H19N3O2S/c1-17(8-13(18)16-10-6-7-10)14(19)9-20-12-5-3-2-4-11(12)15/h2-5,10H,6-9,15H2,1H3,(H,16,18). The van der Waals surface area contributed by atoms with E-state index in [9.17, 15) is 9.59 Å². The minimum absolute atomic E-state index is 0.0794. The predicted octanol–water partition coefficient (Wildman–Crippen LogP) is 1.10. The molecule has 2 amide bonds. The number of thioether (sulfide) groups is 1. The Hall–Kier alpha value is -1.69. The van der Waals surface area contributed by atoms with Gasteiger partial charge in [-0.15, -0.1) is 11.8 Å². The molecule has 1 fully saturated rings. The molecule has 3 N–H and O–H groups in total. The van der Waals surface area contributed by atoms with Gasteiger partial charge in [0.15, 0.2) is 0 Å². The van der Waals surface area contributed by atoms with Crippen LogP contribution in [0.1, 0.15) is 12.8 Å². The highest BCUT2D eigenvalue weighted by Crippen LogP contribution is 2.24. The van der Waals surface area contributed by atoms with Crippen LogP contribution in [-0.4, -0.2) is 42.1 Å². The number of nitrogens with one attached hydrogen (secondary N) is 1. The maximum atomic E-state index is 11.9. The zero-order chi connectivity index (χ0) is 14.5. The maximum absolute atomic E-state index is 11.9. The number of anilines is 1. The highest BCUT2D eigenvalue weighted by atomic mass is 32.2. The Morgan fingerprint density at radius 1 is 1.40 bits per heavy atom. The van der Waals surface area contributed by atoms with Gasteiger partial charge in [0.25, 0.3) is 0 Å². The molecule has 0 aromatic heterocycles. The first-order valence-electron chi connectivity index (χ1n) is 6.57. The number of nitrogens with zero attached hydrogens (tertiary/aromatic N) is 1. The van der Waals surface area contributed by atoms with Gasteiger partial charge in [0.2, 0.25) is 11.8 Å². The van der Waals surface area contributed by atoms with Crippen LogP contribution in [0.3, 0.4) is 0 Å². The van der Waals surface area contributed by atoms with Gasteiger partial charge in [-0.3, -0.25) is 9.59 Å². The number of rotatable bonds is 6. The molecule has 108 valence electrons. The van der Waals surface area contributed by atoms with Gasteiger partial charge in [-0.1, -0.05) is 12.1 Å². The summed E-state index contributed by atoms with van der Waals surface area (Å²) in [6.45, 7) is 0.111. The number of carbonyl (C=O) groups excluding carboxylic acids is 2. The number of para-hydroxylation sites is 1. The Labute approximate surface area is 122 Å². The molecule has 5 nitrogen and oxygen atoms in total. The van der Waals surface area contributed by atoms with Gasteiger partial charge in [-0.05, 0) is 25.0 Å². The molecule has 1 aromatic rings. The minimum Gasteiger partial charge on any atom is -0.398 e. The highest BCUT2D eigenvalue weighted by molar-refractivity contribution is 8.00. The molecule has 0 atom stereocenters. The summed E-state index contributed by atoms with van der Waals surface area (Å²) in [7, 11) is 1.64. The summed E-state index contributed by atoms with van der Waals surface area (Å²) >= 11 is 1.39. The number of nitrogen functional groups attached to an aromatic ring is 1. The van der Waals surface area contributed by atoms with Crippen molar-refractivity contribution in [3.8, 4) is 0 Å². The quantitative estimate of drug-likeness (QED) is 0.608. The molecule has 1 aromatic carbocycles. The van der Waals surface area contributed by atoms with E-state index in [0.717, 1.165) is 17.7 Å². The average Bonchev–Trinajstić information content (AvgIpc) is 3.21. The lowest BCUT2D eigenvalue weighted by Crippen LogP contribution is -2.39. The molecule has 0 aliphatic heterocycles. The van der Waals surface area contributed by atoms with Crippen molar-refractivity contribution in [3.05, 3.63) is 24.3 Å². The van der Waals surface area contributed by atoms with Gasteiger partial charge in [-0.25, -0.2) is 0 Å². The van der Waals surface area contributed by atoms with Crippen LogP contribution in [0.2, 0.25) is 0 Å². The fourth-order valence-corrected chi connectivity index (χ4v) is 2.58. The van der Waals surface area contributed by atoms with E-state index in [2.05, 4.69) is 5.32 Å². The van der Waals surface area contributed by atoms with Gasteiger partial charge in [-0.2, -0.15) is 0 Å². The van der Waals surface area contributed by atoms with Crippen molar-refractivity contribution in [2.75, 3.05) is 25.1 Å². The van der Waals surface area contributed by atoms with E-state index in [1.165, 1.54) is 16.7 Å². The zero-order valence-corrected chi connectivity index (χ0v) is 12.3. The lowest BCUT2D eigenvalue weighted by atomic mass is 10.3. The average molecular weight is 293 g/mol. The van der Waals surface area contributed by atoms with E-state index in [0.29, 0.717) is 11.7 Å².